The number of hydrogen-bond donors (Lipinski definition) is 2. The van der Waals surface area contributed by atoms with Crippen molar-refractivity contribution in [1.82, 2.24) is 10.2 Å². The topological polar surface area (TPSA) is 52.6 Å². The molecule has 4 heteroatoms. The zero-order valence-electron chi connectivity index (χ0n) is 14.9. The van der Waals surface area contributed by atoms with E-state index in [1.165, 1.54) is 5.56 Å². The van der Waals surface area contributed by atoms with E-state index in [0.29, 0.717) is 0 Å². The third kappa shape index (κ3) is 2.43. The summed E-state index contributed by atoms with van der Waals surface area (Å²) in [6.07, 6.45) is 8.78. The van der Waals surface area contributed by atoms with Gasteiger partial charge in [-0.2, -0.15) is 0 Å². The van der Waals surface area contributed by atoms with Crippen LogP contribution in [0.3, 0.4) is 0 Å². The standard InChI is InChI=1S/C21H26N2O2/c1-3-21(16-7-5-4-6-8-16)11-9-15(10-12-21)18-17-13-20(2,14-22-17)23(18)19(24)25/h4-11,17-18,22H,3,12-14H2,1-2H3,(H,24,25). The van der Waals surface area contributed by atoms with Crippen LogP contribution < -0.4 is 5.32 Å². The van der Waals surface area contributed by atoms with Gasteiger partial charge in [-0.05, 0) is 37.3 Å². The molecule has 1 aliphatic carbocycles. The van der Waals surface area contributed by atoms with Gasteiger partial charge in [-0.15, -0.1) is 0 Å². The van der Waals surface area contributed by atoms with E-state index in [9.17, 15) is 9.90 Å². The maximum absolute atomic E-state index is 11.9. The molecule has 0 radical (unpaired) electrons. The highest BCUT2D eigenvalue weighted by molar-refractivity contribution is 5.69. The van der Waals surface area contributed by atoms with Gasteiger partial charge in [0.1, 0.15) is 0 Å². The smallest absolute Gasteiger partial charge is 0.408 e. The molecule has 25 heavy (non-hydrogen) atoms. The lowest BCUT2D eigenvalue weighted by molar-refractivity contribution is 0.0855. The molecule has 2 N–H and O–H groups in total. The van der Waals surface area contributed by atoms with Gasteiger partial charge in [0.05, 0.1) is 11.6 Å². The minimum atomic E-state index is -0.804. The second-order valence-electron chi connectivity index (χ2n) is 7.90. The van der Waals surface area contributed by atoms with Crippen molar-refractivity contribution in [2.24, 2.45) is 0 Å². The summed E-state index contributed by atoms with van der Waals surface area (Å²) in [7, 11) is 0. The molecule has 4 nitrogen and oxygen atoms in total. The number of likely N-dealkylation sites (tertiary alicyclic amines) is 1. The Morgan fingerprint density at radius 3 is 2.72 bits per heavy atom. The zero-order valence-corrected chi connectivity index (χ0v) is 14.9. The van der Waals surface area contributed by atoms with Crippen molar-refractivity contribution in [3.8, 4) is 0 Å². The molecule has 4 rings (SSSR count). The fourth-order valence-corrected chi connectivity index (χ4v) is 4.98. The normalized spacial score (nSPS) is 36.6. The molecule has 132 valence electrons. The van der Waals surface area contributed by atoms with E-state index in [4.69, 9.17) is 0 Å². The first-order valence-corrected chi connectivity index (χ1v) is 9.20. The highest BCUT2D eigenvalue weighted by Crippen LogP contribution is 2.44. The predicted molar refractivity (Wildman–Crippen MR) is 98.7 cm³/mol. The van der Waals surface area contributed by atoms with Gasteiger partial charge in [0.25, 0.3) is 0 Å². The first kappa shape index (κ1) is 16.4. The largest absolute Gasteiger partial charge is 0.465 e. The van der Waals surface area contributed by atoms with Crippen molar-refractivity contribution in [3.05, 3.63) is 59.7 Å². The molecular weight excluding hydrogens is 312 g/mol. The lowest BCUT2D eigenvalue weighted by Gasteiger charge is -2.41. The Hall–Kier alpha value is -2.07. The van der Waals surface area contributed by atoms with Gasteiger partial charge in [0.2, 0.25) is 0 Å². The number of hydrogen-bond acceptors (Lipinski definition) is 2. The quantitative estimate of drug-likeness (QED) is 0.883. The maximum Gasteiger partial charge on any atom is 0.408 e. The summed E-state index contributed by atoms with van der Waals surface area (Å²) in [5, 5.41) is 13.3. The number of benzene rings is 1. The van der Waals surface area contributed by atoms with Crippen molar-refractivity contribution in [2.75, 3.05) is 6.54 Å². The van der Waals surface area contributed by atoms with Crippen molar-refractivity contribution in [3.63, 3.8) is 0 Å². The summed E-state index contributed by atoms with van der Waals surface area (Å²) in [5.41, 5.74) is 2.21. The van der Waals surface area contributed by atoms with E-state index in [1.54, 1.807) is 4.90 Å². The molecule has 2 aliphatic heterocycles. The lowest BCUT2D eigenvalue weighted by atomic mass is 9.71. The van der Waals surface area contributed by atoms with E-state index in [1.807, 2.05) is 6.07 Å². The van der Waals surface area contributed by atoms with Crippen molar-refractivity contribution >= 4 is 6.09 Å². The molecule has 1 aromatic carbocycles. The van der Waals surface area contributed by atoms with Crippen molar-refractivity contribution < 1.29 is 9.90 Å². The fraction of sp³-hybridized carbons (Fsp3) is 0.476. The molecule has 0 aromatic heterocycles. The minimum Gasteiger partial charge on any atom is -0.465 e. The Kier molecular flexibility index (Phi) is 3.76. The number of rotatable bonds is 3. The van der Waals surface area contributed by atoms with Gasteiger partial charge < -0.3 is 10.4 Å². The summed E-state index contributed by atoms with van der Waals surface area (Å²) < 4.78 is 0. The molecule has 2 heterocycles. The molecule has 4 atom stereocenters. The summed E-state index contributed by atoms with van der Waals surface area (Å²) in [5.74, 6) is 0. The SMILES string of the molecule is CCC1(c2ccccc2)C=CC(C2C3CC(C)(CN3)N2C(=O)O)=CC1. The number of carbonyl (C=O) groups is 1. The molecule has 0 spiro atoms. The van der Waals surface area contributed by atoms with Crippen LogP contribution in [0, 0.1) is 0 Å². The van der Waals surface area contributed by atoms with Crippen LogP contribution in [0.25, 0.3) is 0 Å². The van der Waals surface area contributed by atoms with E-state index >= 15 is 0 Å². The third-order valence-electron chi connectivity index (χ3n) is 6.47. The predicted octanol–water partition coefficient (Wildman–Crippen LogP) is 3.70. The number of piperazine rings is 1. The van der Waals surface area contributed by atoms with E-state index in [-0.39, 0.29) is 23.0 Å². The highest BCUT2D eigenvalue weighted by atomic mass is 16.4. The van der Waals surface area contributed by atoms with Crippen molar-refractivity contribution in [2.45, 2.75) is 56.1 Å². The molecule has 2 fully saturated rings. The fourth-order valence-electron chi connectivity index (χ4n) is 4.98. The van der Waals surface area contributed by atoms with Crippen LogP contribution in [0.5, 0.6) is 0 Å². The van der Waals surface area contributed by atoms with Crippen LogP contribution in [0.15, 0.2) is 54.1 Å². The van der Waals surface area contributed by atoms with Crippen LogP contribution in [-0.2, 0) is 5.41 Å². The van der Waals surface area contributed by atoms with Crippen LogP contribution in [0.4, 0.5) is 4.79 Å². The molecular formula is C21H26N2O2. The van der Waals surface area contributed by atoms with Gasteiger partial charge in [-0.3, -0.25) is 4.90 Å². The van der Waals surface area contributed by atoms with E-state index < -0.39 is 6.09 Å². The zero-order chi connectivity index (χ0) is 17.7. The molecule has 4 unspecified atom stereocenters. The third-order valence-corrected chi connectivity index (χ3v) is 6.47. The molecule has 2 bridgehead atoms. The van der Waals surface area contributed by atoms with Gasteiger partial charge in [0.15, 0.2) is 0 Å². The lowest BCUT2D eigenvalue weighted by Crippen LogP contribution is -2.59. The van der Waals surface area contributed by atoms with Crippen LogP contribution in [-0.4, -0.2) is 40.3 Å². The average molecular weight is 338 g/mol. The summed E-state index contributed by atoms with van der Waals surface area (Å²) in [6, 6.07) is 10.8. The minimum absolute atomic E-state index is 0.0216. The van der Waals surface area contributed by atoms with E-state index in [0.717, 1.165) is 31.4 Å². The molecule has 0 saturated carbocycles. The number of nitrogens with one attached hydrogen (secondary N) is 1. The van der Waals surface area contributed by atoms with Gasteiger partial charge >= 0.3 is 6.09 Å². The molecule has 2 saturated heterocycles. The Morgan fingerprint density at radius 2 is 2.12 bits per heavy atom. The number of carboxylic acid groups (broad SMARTS) is 1. The second kappa shape index (κ2) is 5.73. The van der Waals surface area contributed by atoms with Crippen molar-refractivity contribution in [1.29, 1.82) is 0 Å². The molecule has 1 aromatic rings. The highest BCUT2D eigenvalue weighted by Gasteiger charge is 2.56. The number of fused-ring (bicyclic) bond motifs is 2. The monoisotopic (exact) mass is 338 g/mol. The number of allylic oxidation sites excluding steroid dienone is 2. The summed E-state index contributed by atoms with van der Waals surface area (Å²) in [6.45, 7) is 5.03. The Labute approximate surface area is 149 Å². The second-order valence-corrected chi connectivity index (χ2v) is 7.90. The van der Waals surface area contributed by atoms with Crippen LogP contribution >= 0.6 is 0 Å². The van der Waals surface area contributed by atoms with Gasteiger partial charge in [-0.1, -0.05) is 55.5 Å². The maximum atomic E-state index is 11.9. The van der Waals surface area contributed by atoms with E-state index in [2.05, 4.69) is 61.7 Å². The summed E-state index contributed by atoms with van der Waals surface area (Å²) in [4.78, 5) is 13.6. The Morgan fingerprint density at radius 1 is 1.36 bits per heavy atom. The number of nitrogens with zero attached hydrogens (tertiary/aromatic N) is 1. The number of amides is 1. The van der Waals surface area contributed by atoms with Crippen LogP contribution in [0.2, 0.25) is 0 Å². The molecule has 3 aliphatic rings. The Bertz CT molecular complexity index is 742. The summed E-state index contributed by atoms with van der Waals surface area (Å²) >= 11 is 0. The first-order chi connectivity index (χ1) is 12.0. The average Bonchev–Trinajstić information content (AvgIpc) is 3.16. The van der Waals surface area contributed by atoms with Crippen LogP contribution in [0.1, 0.15) is 38.7 Å². The first-order valence-electron chi connectivity index (χ1n) is 9.20. The Balaban J connectivity index is 1.63. The van der Waals surface area contributed by atoms with Gasteiger partial charge in [0, 0.05) is 18.0 Å². The van der Waals surface area contributed by atoms with Gasteiger partial charge in [-0.25, -0.2) is 4.79 Å². The molecule has 1 amide bonds.